The van der Waals surface area contributed by atoms with Crippen molar-refractivity contribution < 1.29 is 4.92 Å². The molecule has 0 radical (unpaired) electrons. The van der Waals surface area contributed by atoms with Crippen LogP contribution in [0.4, 0.5) is 5.69 Å². The Morgan fingerprint density at radius 3 is 2.95 bits per heavy atom. The van der Waals surface area contributed by atoms with Crippen molar-refractivity contribution in [3.63, 3.8) is 0 Å². The van der Waals surface area contributed by atoms with E-state index in [0.717, 1.165) is 5.69 Å². The molecule has 2 rings (SSSR count). The molecule has 8 nitrogen and oxygen atoms in total. The quantitative estimate of drug-likeness (QED) is 0.565. The molecule has 8 heteroatoms. The highest BCUT2D eigenvalue weighted by molar-refractivity contribution is 5.20. The second-order valence-electron chi connectivity index (χ2n) is 4.42. The molecular formula is C13H14N6O2. The van der Waals surface area contributed by atoms with Crippen LogP contribution in [0.3, 0.4) is 0 Å². The van der Waals surface area contributed by atoms with Crippen LogP contribution in [0.15, 0.2) is 36.8 Å². The van der Waals surface area contributed by atoms with Crippen LogP contribution < -0.4 is 0 Å². The maximum Gasteiger partial charge on any atom is 0.307 e. The zero-order valence-electron chi connectivity index (χ0n) is 11.3. The van der Waals surface area contributed by atoms with Crippen molar-refractivity contribution in [2.75, 3.05) is 6.54 Å². The first-order valence-electron chi connectivity index (χ1n) is 6.35. The van der Waals surface area contributed by atoms with Crippen molar-refractivity contribution in [3.8, 4) is 6.07 Å². The molecule has 0 aliphatic rings. The summed E-state index contributed by atoms with van der Waals surface area (Å²) in [4.78, 5) is 16.4. The highest BCUT2D eigenvalue weighted by Crippen LogP contribution is 2.10. The summed E-state index contributed by atoms with van der Waals surface area (Å²) >= 11 is 0. The number of rotatable bonds is 7. The molecule has 0 aliphatic heterocycles. The van der Waals surface area contributed by atoms with Gasteiger partial charge in [-0.05, 0) is 12.1 Å². The smallest absolute Gasteiger partial charge is 0.277 e. The van der Waals surface area contributed by atoms with Gasteiger partial charge in [-0.15, -0.1) is 0 Å². The fourth-order valence-corrected chi connectivity index (χ4v) is 1.86. The molecule has 2 heterocycles. The van der Waals surface area contributed by atoms with E-state index in [9.17, 15) is 10.1 Å². The van der Waals surface area contributed by atoms with Crippen molar-refractivity contribution in [2.45, 2.75) is 19.6 Å². The summed E-state index contributed by atoms with van der Waals surface area (Å²) in [6, 6.07) is 7.71. The molecule has 0 fully saturated rings. The van der Waals surface area contributed by atoms with Gasteiger partial charge in [0.1, 0.15) is 12.4 Å². The number of hydrogen-bond donors (Lipinski definition) is 0. The van der Waals surface area contributed by atoms with Crippen molar-refractivity contribution >= 4 is 5.69 Å². The van der Waals surface area contributed by atoms with Gasteiger partial charge in [0, 0.05) is 25.7 Å². The predicted molar refractivity (Wildman–Crippen MR) is 73.8 cm³/mol. The largest absolute Gasteiger partial charge is 0.307 e. The zero-order chi connectivity index (χ0) is 15.1. The van der Waals surface area contributed by atoms with Crippen molar-refractivity contribution in [2.24, 2.45) is 0 Å². The third-order valence-corrected chi connectivity index (χ3v) is 2.83. The lowest BCUT2D eigenvalue weighted by Gasteiger charge is -2.20. The third kappa shape index (κ3) is 4.36. The first-order chi connectivity index (χ1) is 10.2. The van der Waals surface area contributed by atoms with Gasteiger partial charge in [-0.25, -0.2) is 0 Å². The molecule has 0 N–H and O–H groups in total. The zero-order valence-corrected chi connectivity index (χ0v) is 11.3. The Labute approximate surface area is 121 Å². The Morgan fingerprint density at radius 2 is 2.33 bits per heavy atom. The van der Waals surface area contributed by atoms with Crippen LogP contribution in [0, 0.1) is 21.4 Å². The fourth-order valence-electron chi connectivity index (χ4n) is 1.86. The van der Waals surface area contributed by atoms with E-state index < -0.39 is 4.92 Å². The molecule has 0 aromatic carbocycles. The van der Waals surface area contributed by atoms with Crippen molar-refractivity contribution in [1.29, 1.82) is 5.26 Å². The SMILES string of the molecule is N#CCCN(Cc1ccccn1)Cn1cc([N+](=O)[O-])cn1. The van der Waals surface area contributed by atoms with Crippen molar-refractivity contribution in [1.82, 2.24) is 19.7 Å². The molecule has 21 heavy (non-hydrogen) atoms. The summed E-state index contributed by atoms with van der Waals surface area (Å²) < 4.78 is 1.48. The highest BCUT2D eigenvalue weighted by atomic mass is 16.6. The minimum absolute atomic E-state index is 0.0481. The van der Waals surface area contributed by atoms with Gasteiger partial charge in [-0.1, -0.05) is 6.07 Å². The number of hydrogen-bond acceptors (Lipinski definition) is 6. The van der Waals surface area contributed by atoms with E-state index in [4.69, 9.17) is 5.26 Å². The van der Waals surface area contributed by atoms with E-state index in [-0.39, 0.29) is 5.69 Å². The highest BCUT2D eigenvalue weighted by Gasteiger charge is 2.12. The van der Waals surface area contributed by atoms with E-state index >= 15 is 0 Å². The van der Waals surface area contributed by atoms with Crippen LogP contribution in [0.1, 0.15) is 12.1 Å². The van der Waals surface area contributed by atoms with Crippen LogP contribution in [0.25, 0.3) is 0 Å². The van der Waals surface area contributed by atoms with Crippen LogP contribution >= 0.6 is 0 Å². The standard InChI is InChI=1S/C13H14N6O2/c14-5-3-7-17(9-12-4-1-2-6-15-12)11-18-10-13(8-16-18)19(20)21/h1-2,4,6,8,10H,3,7,9,11H2. The maximum atomic E-state index is 10.6. The predicted octanol–water partition coefficient (Wildman–Crippen LogP) is 1.56. The molecule has 0 atom stereocenters. The first kappa shape index (κ1) is 14.6. The molecule has 2 aromatic heterocycles. The molecule has 0 unspecified atom stereocenters. The number of nitriles is 1. The summed E-state index contributed by atoms with van der Waals surface area (Å²) in [5.74, 6) is 0. The Hall–Kier alpha value is -2.79. The Kier molecular flexibility index (Phi) is 4.95. The Balaban J connectivity index is 2.05. The van der Waals surface area contributed by atoms with E-state index in [1.54, 1.807) is 6.20 Å². The molecule has 2 aromatic rings. The second kappa shape index (κ2) is 7.12. The van der Waals surface area contributed by atoms with Gasteiger partial charge < -0.3 is 0 Å². The summed E-state index contributed by atoms with van der Waals surface area (Å²) in [7, 11) is 0. The summed E-state index contributed by atoms with van der Waals surface area (Å²) in [5.41, 5.74) is 0.824. The Morgan fingerprint density at radius 1 is 1.48 bits per heavy atom. The lowest BCUT2D eigenvalue weighted by molar-refractivity contribution is -0.385. The molecule has 0 spiro atoms. The van der Waals surface area contributed by atoms with E-state index in [2.05, 4.69) is 16.2 Å². The van der Waals surface area contributed by atoms with Gasteiger partial charge in [0.25, 0.3) is 0 Å². The minimum Gasteiger partial charge on any atom is -0.277 e. The monoisotopic (exact) mass is 286 g/mol. The average molecular weight is 286 g/mol. The molecule has 0 bridgehead atoms. The van der Waals surface area contributed by atoms with Crippen LogP contribution in [0.5, 0.6) is 0 Å². The normalized spacial score (nSPS) is 10.5. The van der Waals surface area contributed by atoms with Gasteiger partial charge in [-0.2, -0.15) is 10.4 Å². The van der Waals surface area contributed by atoms with E-state index in [0.29, 0.717) is 26.2 Å². The van der Waals surface area contributed by atoms with Crippen molar-refractivity contribution in [3.05, 3.63) is 52.6 Å². The van der Waals surface area contributed by atoms with Gasteiger partial charge in [0.15, 0.2) is 0 Å². The number of nitrogens with zero attached hydrogens (tertiary/aromatic N) is 6. The second-order valence-corrected chi connectivity index (χ2v) is 4.42. The molecule has 0 amide bonds. The van der Waals surface area contributed by atoms with E-state index in [1.807, 2.05) is 23.1 Å². The lowest BCUT2D eigenvalue weighted by atomic mass is 10.3. The molecular weight excluding hydrogens is 272 g/mol. The first-order valence-corrected chi connectivity index (χ1v) is 6.35. The topological polar surface area (TPSA) is 101 Å². The van der Waals surface area contributed by atoms with E-state index in [1.165, 1.54) is 17.1 Å². The third-order valence-electron chi connectivity index (χ3n) is 2.83. The lowest BCUT2D eigenvalue weighted by Crippen LogP contribution is -2.27. The molecule has 0 saturated carbocycles. The van der Waals surface area contributed by atoms with Gasteiger partial charge >= 0.3 is 5.69 Å². The van der Waals surface area contributed by atoms with Crippen LogP contribution in [0.2, 0.25) is 0 Å². The van der Waals surface area contributed by atoms with Crippen LogP contribution in [-0.4, -0.2) is 31.1 Å². The van der Waals surface area contributed by atoms with Gasteiger partial charge in [0.05, 0.1) is 23.4 Å². The fraction of sp³-hybridized carbons (Fsp3) is 0.308. The molecule has 0 aliphatic carbocycles. The summed E-state index contributed by atoms with van der Waals surface area (Å²) in [5, 5.41) is 23.3. The molecule has 108 valence electrons. The summed E-state index contributed by atoms with van der Waals surface area (Å²) in [6.45, 7) is 1.46. The Bertz CT molecular complexity index is 634. The van der Waals surface area contributed by atoms with Gasteiger partial charge in [0.2, 0.25) is 0 Å². The maximum absolute atomic E-state index is 10.6. The number of pyridine rings is 1. The number of nitro groups is 1. The minimum atomic E-state index is -0.484. The molecule has 0 saturated heterocycles. The number of aromatic nitrogens is 3. The van der Waals surface area contributed by atoms with Gasteiger partial charge in [-0.3, -0.25) is 24.7 Å². The summed E-state index contributed by atoms with van der Waals surface area (Å²) in [6.07, 6.45) is 4.66. The van der Waals surface area contributed by atoms with Crippen LogP contribution in [-0.2, 0) is 13.2 Å². The average Bonchev–Trinajstić information content (AvgIpc) is 2.94.